The summed E-state index contributed by atoms with van der Waals surface area (Å²) in [4.78, 5) is 12.6. The number of carbonyl (C=O) groups is 1. The van der Waals surface area contributed by atoms with Crippen LogP contribution in [0.25, 0.3) is 21.8 Å². The molecule has 1 heterocycles. The highest BCUT2D eigenvalue weighted by molar-refractivity contribution is 6.12. The number of anilines is 1. The highest BCUT2D eigenvalue weighted by Gasteiger charge is 2.12. The van der Waals surface area contributed by atoms with Gasteiger partial charge in [0.1, 0.15) is 0 Å². The Labute approximate surface area is 154 Å². The normalized spacial score (nSPS) is 10.4. The van der Waals surface area contributed by atoms with Crippen LogP contribution in [-0.4, -0.2) is 10.5 Å². The zero-order valence-electron chi connectivity index (χ0n) is 15.5. The highest BCUT2D eigenvalue weighted by atomic mass is 16.1. The van der Waals surface area contributed by atoms with Crippen molar-refractivity contribution in [1.82, 2.24) is 4.57 Å². The van der Waals surface area contributed by atoms with E-state index in [0.29, 0.717) is 5.56 Å². The van der Waals surface area contributed by atoms with Crippen LogP contribution in [0.5, 0.6) is 0 Å². The third kappa shape index (κ3) is 3.21. The quantitative estimate of drug-likeness (QED) is 0.479. The van der Waals surface area contributed by atoms with Crippen LogP contribution in [0.2, 0.25) is 0 Å². The van der Waals surface area contributed by atoms with Gasteiger partial charge in [0.15, 0.2) is 0 Å². The van der Waals surface area contributed by atoms with E-state index >= 15 is 0 Å². The lowest BCUT2D eigenvalue weighted by Crippen LogP contribution is -2.11. The number of aryl methyl sites for hydroxylation is 1. The number of nitrogens with one attached hydrogen (secondary N) is 1. The second kappa shape index (κ2) is 7.87. The van der Waals surface area contributed by atoms with Crippen molar-refractivity contribution in [2.75, 3.05) is 5.32 Å². The van der Waals surface area contributed by atoms with Gasteiger partial charge in [-0.25, -0.2) is 0 Å². The van der Waals surface area contributed by atoms with Crippen LogP contribution >= 0.6 is 0 Å². The fourth-order valence-corrected chi connectivity index (χ4v) is 3.26. The molecule has 132 valence electrons. The van der Waals surface area contributed by atoms with E-state index in [4.69, 9.17) is 0 Å². The lowest BCUT2D eigenvalue weighted by atomic mass is 10.1. The van der Waals surface area contributed by atoms with E-state index in [1.807, 2.05) is 68.4 Å². The number of fused-ring (bicyclic) bond motifs is 3. The highest BCUT2D eigenvalue weighted by Crippen LogP contribution is 2.29. The van der Waals surface area contributed by atoms with Crippen molar-refractivity contribution >= 4 is 33.4 Å². The van der Waals surface area contributed by atoms with Gasteiger partial charge in [0, 0.05) is 39.6 Å². The van der Waals surface area contributed by atoms with Crippen molar-refractivity contribution in [3.8, 4) is 0 Å². The van der Waals surface area contributed by atoms with Crippen molar-refractivity contribution in [2.45, 2.75) is 27.3 Å². The maximum absolute atomic E-state index is 12.6. The third-order valence-electron chi connectivity index (χ3n) is 4.38. The van der Waals surface area contributed by atoms with Gasteiger partial charge in [0.2, 0.25) is 0 Å². The van der Waals surface area contributed by atoms with Crippen molar-refractivity contribution in [3.05, 3.63) is 78.4 Å². The Kier molecular flexibility index (Phi) is 5.37. The summed E-state index contributed by atoms with van der Waals surface area (Å²) in [6.07, 6.45) is 0. The number of amides is 1. The molecule has 0 spiro atoms. The fourth-order valence-electron chi connectivity index (χ4n) is 3.26. The van der Waals surface area contributed by atoms with Gasteiger partial charge in [-0.3, -0.25) is 4.79 Å². The minimum atomic E-state index is -0.0866. The van der Waals surface area contributed by atoms with E-state index in [9.17, 15) is 4.79 Å². The monoisotopic (exact) mass is 344 g/mol. The van der Waals surface area contributed by atoms with Crippen LogP contribution in [0.1, 0.15) is 31.1 Å². The molecule has 0 fully saturated rings. The zero-order chi connectivity index (χ0) is 18.5. The number of para-hydroxylation sites is 2. The molecule has 26 heavy (non-hydrogen) atoms. The Morgan fingerprint density at radius 1 is 0.846 bits per heavy atom. The van der Waals surface area contributed by atoms with E-state index in [1.165, 1.54) is 10.9 Å². The van der Waals surface area contributed by atoms with E-state index in [-0.39, 0.29) is 5.91 Å². The topological polar surface area (TPSA) is 34.0 Å². The van der Waals surface area contributed by atoms with Crippen LogP contribution in [0.15, 0.2) is 72.8 Å². The second-order valence-electron chi connectivity index (χ2n) is 5.81. The summed E-state index contributed by atoms with van der Waals surface area (Å²) >= 11 is 0. The zero-order valence-corrected chi connectivity index (χ0v) is 15.5. The first-order chi connectivity index (χ1) is 12.8. The lowest BCUT2D eigenvalue weighted by Gasteiger charge is -2.06. The molecule has 4 aromatic rings. The van der Waals surface area contributed by atoms with Crippen LogP contribution < -0.4 is 5.32 Å². The van der Waals surface area contributed by atoms with Crippen molar-refractivity contribution in [2.24, 2.45) is 0 Å². The molecule has 0 radical (unpaired) electrons. The number of carbonyl (C=O) groups excluding carboxylic acids is 1. The number of rotatable bonds is 3. The Hall–Kier alpha value is -3.07. The van der Waals surface area contributed by atoms with Crippen LogP contribution in [0, 0.1) is 0 Å². The molecule has 0 aliphatic rings. The third-order valence-corrected chi connectivity index (χ3v) is 4.38. The standard InChI is InChI=1S/C21H18N2O.C2H6/c1-2-23-19-11-7-6-10-17(19)18-14-15(12-13-20(18)23)21(24)22-16-8-4-3-5-9-16;1-2/h3-14H,2H2,1H3,(H,22,24);1-2H3. The average Bonchev–Trinajstić information content (AvgIpc) is 3.03. The van der Waals surface area contributed by atoms with E-state index in [1.54, 1.807) is 0 Å². The Bertz CT molecular complexity index is 1030. The smallest absolute Gasteiger partial charge is 0.255 e. The molecular formula is C23H24N2O. The number of aromatic nitrogens is 1. The molecule has 0 aliphatic carbocycles. The number of nitrogens with zero attached hydrogens (tertiary/aromatic N) is 1. The minimum Gasteiger partial charge on any atom is -0.341 e. The Morgan fingerprint density at radius 3 is 2.23 bits per heavy atom. The molecule has 3 aromatic carbocycles. The summed E-state index contributed by atoms with van der Waals surface area (Å²) in [7, 11) is 0. The van der Waals surface area contributed by atoms with Gasteiger partial charge in [-0.15, -0.1) is 0 Å². The SMILES string of the molecule is CC.CCn1c2ccccc2c2cc(C(=O)Nc3ccccc3)ccc21. The number of hydrogen-bond acceptors (Lipinski definition) is 1. The molecule has 0 aliphatic heterocycles. The predicted molar refractivity (Wildman–Crippen MR) is 111 cm³/mol. The van der Waals surface area contributed by atoms with E-state index in [0.717, 1.165) is 23.1 Å². The molecule has 1 N–H and O–H groups in total. The average molecular weight is 344 g/mol. The van der Waals surface area contributed by atoms with Crippen molar-refractivity contribution < 1.29 is 4.79 Å². The molecule has 0 bridgehead atoms. The van der Waals surface area contributed by atoms with E-state index in [2.05, 4.69) is 35.0 Å². The van der Waals surface area contributed by atoms with Gasteiger partial charge < -0.3 is 9.88 Å². The molecular weight excluding hydrogens is 320 g/mol. The summed E-state index contributed by atoms with van der Waals surface area (Å²) in [6, 6.07) is 23.8. The summed E-state index contributed by atoms with van der Waals surface area (Å²) in [6.45, 7) is 7.04. The van der Waals surface area contributed by atoms with Gasteiger partial charge >= 0.3 is 0 Å². The maximum atomic E-state index is 12.6. The van der Waals surface area contributed by atoms with Crippen molar-refractivity contribution in [3.63, 3.8) is 0 Å². The summed E-state index contributed by atoms with van der Waals surface area (Å²) in [5, 5.41) is 5.25. The largest absolute Gasteiger partial charge is 0.341 e. The fraction of sp³-hybridized carbons (Fsp3) is 0.174. The first-order valence-corrected chi connectivity index (χ1v) is 9.15. The molecule has 0 saturated heterocycles. The van der Waals surface area contributed by atoms with Gasteiger partial charge in [-0.1, -0.05) is 50.2 Å². The summed E-state index contributed by atoms with van der Waals surface area (Å²) in [5.41, 5.74) is 3.84. The van der Waals surface area contributed by atoms with Crippen molar-refractivity contribution in [1.29, 1.82) is 0 Å². The predicted octanol–water partition coefficient (Wildman–Crippen LogP) is 6.09. The molecule has 1 aromatic heterocycles. The van der Waals surface area contributed by atoms with Crippen LogP contribution in [-0.2, 0) is 6.54 Å². The number of hydrogen-bond donors (Lipinski definition) is 1. The minimum absolute atomic E-state index is 0.0866. The van der Waals surface area contributed by atoms with Crippen LogP contribution in [0.3, 0.4) is 0 Å². The molecule has 0 saturated carbocycles. The van der Waals surface area contributed by atoms with Gasteiger partial charge in [-0.05, 0) is 43.3 Å². The number of benzene rings is 3. The molecule has 0 atom stereocenters. The van der Waals surface area contributed by atoms with Gasteiger partial charge in [-0.2, -0.15) is 0 Å². The Morgan fingerprint density at radius 2 is 1.50 bits per heavy atom. The molecule has 1 amide bonds. The first-order valence-electron chi connectivity index (χ1n) is 9.15. The summed E-state index contributed by atoms with van der Waals surface area (Å²) in [5.74, 6) is -0.0866. The first kappa shape index (κ1) is 17.7. The molecule has 3 heteroatoms. The van der Waals surface area contributed by atoms with Gasteiger partial charge in [0.25, 0.3) is 5.91 Å². The van der Waals surface area contributed by atoms with E-state index < -0.39 is 0 Å². The molecule has 0 unspecified atom stereocenters. The molecule has 3 nitrogen and oxygen atoms in total. The molecule has 4 rings (SSSR count). The van der Waals surface area contributed by atoms with Gasteiger partial charge in [0.05, 0.1) is 0 Å². The Balaban J connectivity index is 0.000000948. The van der Waals surface area contributed by atoms with Crippen LogP contribution in [0.4, 0.5) is 5.69 Å². The summed E-state index contributed by atoms with van der Waals surface area (Å²) < 4.78 is 2.28. The maximum Gasteiger partial charge on any atom is 0.255 e. The lowest BCUT2D eigenvalue weighted by molar-refractivity contribution is 0.102. The second-order valence-corrected chi connectivity index (χ2v) is 5.81.